The van der Waals surface area contributed by atoms with Gasteiger partial charge in [-0.05, 0) is 48.9 Å². The van der Waals surface area contributed by atoms with Crippen molar-refractivity contribution >= 4 is 11.8 Å². The molecule has 0 N–H and O–H groups in total. The Morgan fingerprint density at radius 3 is 2.40 bits per heavy atom. The highest BCUT2D eigenvalue weighted by atomic mass is 16.5. The molecule has 1 aliphatic carbocycles. The van der Waals surface area contributed by atoms with E-state index in [2.05, 4.69) is 12.1 Å². The normalized spacial score (nSPS) is 21.4. The minimum Gasteiger partial charge on any atom is -0.486 e. The summed E-state index contributed by atoms with van der Waals surface area (Å²) in [5.74, 6) is 0.964. The molecule has 0 aromatic heterocycles. The molecule has 2 heterocycles. The standard InChI is InChI=1S/C20H26N2O3/c1-21(2)19(24)22-9-7-20(8-10-22)13-17(23)16-11-14-5-3-4-6-15(14)12-18(16)25-20/h11-12H,3-10,13H2,1-2H3. The SMILES string of the molecule is CN(C)C(=O)N1CCC2(CC1)CC(=O)c1cc3c(cc1O2)CCCC3. The summed E-state index contributed by atoms with van der Waals surface area (Å²) in [5, 5.41) is 0. The van der Waals surface area contributed by atoms with Crippen LogP contribution in [0.3, 0.4) is 0 Å². The number of likely N-dealkylation sites (tertiary alicyclic amines) is 1. The van der Waals surface area contributed by atoms with Crippen molar-refractivity contribution in [1.29, 1.82) is 0 Å². The number of carbonyl (C=O) groups excluding carboxylic acids is 2. The number of carbonyl (C=O) groups is 2. The molecule has 2 aliphatic heterocycles. The zero-order valence-electron chi connectivity index (χ0n) is 15.1. The van der Waals surface area contributed by atoms with Gasteiger partial charge in [0, 0.05) is 40.0 Å². The summed E-state index contributed by atoms with van der Waals surface area (Å²) in [6, 6.07) is 4.22. The first-order valence-corrected chi connectivity index (χ1v) is 9.32. The number of Topliss-reactive ketones (excluding diaryl/α,β-unsaturated/α-hetero) is 1. The summed E-state index contributed by atoms with van der Waals surface area (Å²) in [7, 11) is 3.54. The van der Waals surface area contributed by atoms with Crippen molar-refractivity contribution in [3.8, 4) is 5.75 Å². The average Bonchev–Trinajstić information content (AvgIpc) is 2.60. The Balaban J connectivity index is 1.55. The van der Waals surface area contributed by atoms with E-state index in [9.17, 15) is 9.59 Å². The molecule has 2 amide bonds. The number of aryl methyl sites for hydroxylation is 2. The molecule has 0 atom stereocenters. The summed E-state index contributed by atoms with van der Waals surface area (Å²) in [6.45, 7) is 1.29. The smallest absolute Gasteiger partial charge is 0.319 e. The van der Waals surface area contributed by atoms with E-state index in [-0.39, 0.29) is 11.8 Å². The average molecular weight is 342 g/mol. The van der Waals surface area contributed by atoms with Crippen LogP contribution in [0.25, 0.3) is 0 Å². The fourth-order valence-corrected chi connectivity index (χ4v) is 4.39. The number of fused-ring (bicyclic) bond motifs is 2. The van der Waals surface area contributed by atoms with Crippen molar-refractivity contribution in [1.82, 2.24) is 9.80 Å². The third-order valence-electron chi connectivity index (χ3n) is 5.88. The number of hydrogen-bond donors (Lipinski definition) is 0. The van der Waals surface area contributed by atoms with Crippen LogP contribution in [0, 0.1) is 0 Å². The summed E-state index contributed by atoms with van der Waals surface area (Å²) < 4.78 is 6.41. The molecule has 25 heavy (non-hydrogen) atoms. The Bertz CT molecular complexity index is 718. The predicted molar refractivity (Wildman–Crippen MR) is 95.3 cm³/mol. The van der Waals surface area contributed by atoms with Gasteiger partial charge in [0.15, 0.2) is 5.78 Å². The lowest BCUT2D eigenvalue weighted by Gasteiger charge is -2.44. The molecule has 1 spiro atoms. The molecule has 5 nitrogen and oxygen atoms in total. The number of ketones is 1. The van der Waals surface area contributed by atoms with Gasteiger partial charge in [0.1, 0.15) is 11.4 Å². The van der Waals surface area contributed by atoms with E-state index in [1.54, 1.807) is 19.0 Å². The molecule has 1 aromatic rings. The van der Waals surface area contributed by atoms with Gasteiger partial charge in [-0.1, -0.05) is 0 Å². The Hall–Kier alpha value is -2.04. The lowest BCUT2D eigenvalue weighted by molar-refractivity contribution is -0.00279. The fraction of sp³-hybridized carbons (Fsp3) is 0.600. The maximum atomic E-state index is 12.8. The van der Waals surface area contributed by atoms with Crippen molar-refractivity contribution in [2.75, 3.05) is 27.2 Å². The highest BCUT2D eigenvalue weighted by Crippen LogP contribution is 2.41. The van der Waals surface area contributed by atoms with Gasteiger partial charge >= 0.3 is 6.03 Å². The summed E-state index contributed by atoms with van der Waals surface area (Å²) >= 11 is 0. The van der Waals surface area contributed by atoms with Crippen molar-refractivity contribution < 1.29 is 14.3 Å². The van der Waals surface area contributed by atoms with E-state index in [0.717, 1.165) is 37.0 Å². The number of amides is 2. The number of nitrogens with zero attached hydrogens (tertiary/aromatic N) is 2. The van der Waals surface area contributed by atoms with Crippen LogP contribution in [0.5, 0.6) is 5.75 Å². The number of rotatable bonds is 0. The van der Waals surface area contributed by atoms with E-state index in [4.69, 9.17) is 4.74 Å². The Kier molecular flexibility index (Phi) is 3.97. The second-order valence-electron chi connectivity index (χ2n) is 7.87. The van der Waals surface area contributed by atoms with E-state index in [1.165, 1.54) is 24.0 Å². The van der Waals surface area contributed by atoms with Crippen molar-refractivity contribution in [3.63, 3.8) is 0 Å². The molecule has 0 unspecified atom stereocenters. The van der Waals surface area contributed by atoms with Crippen LogP contribution in [-0.4, -0.2) is 54.4 Å². The molecule has 4 rings (SSSR count). The zero-order valence-corrected chi connectivity index (χ0v) is 15.1. The molecule has 0 radical (unpaired) electrons. The zero-order chi connectivity index (χ0) is 17.6. The Morgan fingerprint density at radius 1 is 1.12 bits per heavy atom. The first-order chi connectivity index (χ1) is 12.0. The third kappa shape index (κ3) is 2.90. The minimum absolute atomic E-state index is 0.0338. The fourth-order valence-electron chi connectivity index (χ4n) is 4.39. The quantitative estimate of drug-likeness (QED) is 0.728. The predicted octanol–water partition coefficient (Wildman–Crippen LogP) is 3.05. The Morgan fingerprint density at radius 2 is 1.76 bits per heavy atom. The van der Waals surface area contributed by atoms with Crippen molar-refractivity contribution in [3.05, 3.63) is 28.8 Å². The largest absolute Gasteiger partial charge is 0.486 e. The molecule has 1 saturated heterocycles. The van der Waals surface area contributed by atoms with Gasteiger partial charge < -0.3 is 14.5 Å². The first-order valence-electron chi connectivity index (χ1n) is 9.32. The van der Waals surface area contributed by atoms with Crippen molar-refractivity contribution in [2.24, 2.45) is 0 Å². The maximum absolute atomic E-state index is 12.8. The topological polar surface area (TPSA) is 49.9 Å². The Labute approximate surface area is 148 Å². The molecule has 5 heteroatoms. The highest BCUT2D eigenvalue weighted by molar-refractivity contribution is 6.00. The lowest BCUT2D eigenvalue weighted by Crippen LogP contribution is -2.53. The van der Waals surface area contributed by atoms with Gasteiger partial charge in [-0.15, -0.1) is 0 Å². The summed E-state index contributed by atoms with van der Waals surface area (Å²) in [4.78, 5) is 28.4. The maximum Gasteiger partial charge on any atom is 0.319 e. The first kappa shape index (κ1) is 16.4. The van der Waals surface area contributed by atoms with Gasteiger partial charge in [-0.25, -0.2) is 4.79 Å². The monoisotopic (exact) mass is 342 g/mol. The van der Waals surface area contributed by atoms with E-state index in [0.29, 0.717) is 19.5 Å². The second-order valence-corrected chi connectivity index (χ2v) is 7.87. The minimum atomic E-state index is -0.434. The third-order valence-corrected chi connectivity index (χ3v) is 5.88. The van der Waals surface area contributed by atoms with Crippen LogP contribution in [0.4, 0.5) is 4.79 Å². The molecular formula is C20H26N2O3. The van der Waals surface area contributed by atoms with Crippen LogP contribution < -0.4 is 4.74 Å². The molecule has 134 valence electrons. The van der Waals surface area contributed by atoms with Gasteiger partial charge in [0.05, 0.1) is 12.0 Å². The van der Waals surface area contributed by atoms with E-state index >= 15 is 0 Å². The van der Waals surface area contributed by atoms with Gasteiger partial charge in [-0.2, -0.15) is 0 Å². The molecule has 3 aliphatic rings. The second kappa shape index (κ2) is 6.04. The van der Waals surface area contributed by atoms with Crippen LogP contribution in [0.2, 0.25) is 0 Å². The van der Waals surface area contributed by atoms with Gasteiger partial charge in [0.25, 0.3) is 0 Å². The van der Waals surface area contributed by atoms with E-state index < -0.39 is 5.60 Å². The van der Waals surface area contributed by atoms with Crippen LogP contribution in [0.1, 0.15) is 53.6 Å². The number of urea groups is 1. The molecule has 0 saturated carbocycles. The van der Waals surface area contributed by atoms with Crippen LogP contribution in [-0.2, 0) is 12.8 Å². The highest BCUT2D eigenvalue weighted by Gasteiger charge is 2.44. The molecular weight excluding hydrogens is 316 g/mol. The summed E-state index contributed by atoms with van der Waals surface area (Å²) in [6.07, 6.45) is 6.44. The lowest BCUT2D eigenvalue weighted by atomic mass is 9.80. The van der Waals surface area contributed by atoms with Gasteiger partial charge in [0.2, 0.25) is 0 Å². The number of piperidine rings is 1. The summed E-state index contributed by atoms with van der Waals surface area (Å²) in [5.41, 5.74) is 2.99. The van der Waals surface area contributed by atoms with Crippen molar-refractivity contribution in [2.45, 2.75) is 50.5 Å². The number of benzene rings is 1. The number of ether oxygens (including phenoxy) is 1. The molecule has 1 aromatic carbocycles. The van der Waals surface area contributed by atoms with E-state index in [1.807, 2.05) is 4.90 Å². The van der Waals surface area contributed by atoms with Gasteiger partial charge in [-0.3, -0.25) is 4.79 Å². The number of hydrogen-bond acceptors (Lipinski definition) is 3. The van der Waals surface area contributed by atoms with Crippen LogP contribution >= 0.6 is 0 Å². The molecule has 0 bridgehead atoms. The molecule has 1 fully saturated rings. The van der Waals surface area contributed by atoms with Crippen LogP contribution in [0.15, 0.2) is 12.1 Å².